The second kappa shape index (κ2) is 7.33. The Bertz CT molecular complexity index is 1010. The monoisotopic (exact) mass is 387 g/mol. The number of furan rings is 1. The molecular weight excluding hydrogens is 369 g/mol. The quantitative estimate of drug-likeness (QED) is 0.640. The van der Waals surface area contributed by atoms with Crippen LogP contribution < -0.4 is 0 Å². The third kappa shape index (κ3) is 3.45. The molecule has 0 aliphatic carbocycles. The molecule has 140 valence electrons. The maximum absolute atomic E-state index is 14.4. The number of hydrogen-bond donors (Lipinski definition) is 0. The largest absolute Gasteiger partial charge is 0.460 e. The van der Waals surface area contributed by atoms with Gasteiger partial charge in [-0.2, -0.15) is 0 Å². The fourth-order valence-electron chi connectivity index (χ4n) is 3.31. The second-order valence-electron chi connectivity index (χ2n) is 6.54. The summed E-state index contributed by atoms with van der Waals surface area (Å²) in [6.07, 6.45) is 0.773. The fourth-order valence-corrected chi connectivity index (χ4v) is 3.58. The number of morpholine rings is 1. The molecule has 0 saturated carbocycles. The van der Waals surface area contributed by atoms with Crippen molar-refractivity contribution in [3.63, 3.8) is 0 Å². The van der Waals surface area contributed by atoms with Gasteiger partial charge in [0.1, 0.15) is 11.6 Å². The average molecular weight is 388 g/mol. The highest BCUT2D eigenvalue weighted by Gasteiger charge is 2.22. The molecule has 27 heavy (non-hydrogen) atoms. The van der Waals surface area contributed by atoms with E-state index in [9.17, 15) is 9.18 Å². The van der Waals surface area contributed by atoms with E-state index in [0.717, 1.165) is 28.7 Å². The van der Waals surface area contributed by atoms with E-state index in [-0.39, 0.29) is 11.5 Å². The average Bonchev–Trinajstić information content (AvgIpc) is 3.12. The molecule has 0 bridgehead atoms. The summed E-state index contributed by atoms with van der Waals surface area (Å²) in [4.78, 5) is 14.3. The second-order valence-corrected chi connectivity index (χ2v) is 6.95. The van der Waals surface area contributed by atoms with Gasteiger partial charge in [0.15, 0.2) is 5.58 Å². The van der Waals surface area contributed by atoms with Crippen molar-refractivity contribution in [1.29, 1.82) is 0 Å². The summed E-state index contributed by atoms with van der Waals surface area (Å²) in [6, 6.07) is 10.3. The minimum Gasteiger partial charge on any atom is -0.460 e. The Kier molecular flexibility index (Phi) is 4.89. The van der Waals surface area contributed by atoms with Gasteiger partial charge in [0.05, 0.1) is 23.8 Å². The van der Waals surface area contributed by atoms with Gasteiger partial charge in [-0.05, 0) is 41.5 Å². The number of ether oxygens (including phenoxy) is 1. The number of benzene rings is 2. The third-order valence-electron chi connectivity index (χ3n) is 4.80. The number of aryl methyl sites for hydroxylation is 1. The Morgan fingerprint density at radius 3 is 2.67 bits per heavy atom. The van der Waals surface area contributed by atoms with Crippen LogP contribution in [-0.2, 0) is 11.2 Å². The normalized spacial score (nSPS) is 14.7. The van der Waals surface area contributed by atoms with Crippen molar-refractivity contribution < 1.29 is 18.3 Å². The Hall–Kier alpha value is -2.37. The highest BCUT2D eigenvalue weighted by Crippen LogP contribution is 2.33. The number of halogens is 2. The molecule has 1 aliphatic rings. The van der Waals surface area contributed by atoms with Crippen LogP contribution in [-0.4, -0.2) is 37.1 Å². The molecule has 1 saturated heterocycles. The summed E-state index contributed by atoms with van der Waals surface area (Å²) in [5.74, 6) is 0.00624. The first kappa shape index (κ1) is 18.0. The molecule has 0 N–H and O–H groups in total. The van der Waals surface area contributed by atoms with Gasteiger partial charge < -0.3 is 14.1 Å². The van der Waals surface area contributed by atoms with Gasteiger partial charge in [-0.25, -0.2) is 4.39 Å². The van der Waals surface area contributed by atoms with Crippen molar-refractivity contribution in [2.45, 2.75) is 13.3 Å². The predicted octanol–water partition coefficient (Wildman–Crippen LogP) is 4.93. The number of fused-ring (bicyclic) bond motifs is 1. The Morgan fingerprint density at radius 2 is 1.93 bits per heavy atom. The number of rotatable bonds is 3. The van der Waals surface area contributed by atoms with Gasteiger partial charge in [-0.1, -0.05) is 24.6 Å². The highest BCUT2D eigenvalue weighted by atomic mass is 35.5. The summed E-state index contributed by atoms with van der Waals surface area (Å²) in [5, 5.41) is 1.38. The summed E-state index contributed by atoms with van der Waals surface area (Å²) in [7, 11) is 0. The third-order valence-corrected chi connectivity index (χ3v) is 5.08. The minimum absolute atomic E-state index is 0.0621. The summed E-state index contributed by atoms with van der Waals surface area (Å²) >= 11 is 6.38. The lowest BCUT2D eigenvalue weighted by atomic mass is 10.0. The van der Waals surface area contributed by atoms with Crippen molar-refractivity contribution in [3.05, 3.63) is 58.6 Å². The zero-order valence-corrected chi connectivity index (χ0v) is 15.7. The summed E-state index contributed by atoms with van der Waals surface area (Å²) in [6.45, 7) is 3.89. The number of amides is 1. The zero-order valence-electron chi connectivity index (χ0n) is 14.9. The molecule has 4 rings (SSSR count). The number of nitrogens with zero attached hydrogens (tertiary/aromatic N) is 1. The Morgan fingerprint density at radius 1 is 1.15 bits per heavy atom. The molecular formula is C21H19ClFNO3. The number of hydrogen-bond acceptors (Lipinski definition) is 3. The van der Waals surface area contributed by atoms with Crippen LogP contribution in [0.1, 0.15) is 23.0 Å². The fraction of sp³-hybridized carbons (Fsp3) is 0.286. The van der Waals surface area contributed by atoms with Crippen molar-refractivity contribution in [2.75, 3.05) is 26.3 Å². The summed E-state index contributed by atoms with van der Waals surface area (Å²) < 4.78 is 25.4. The number of carbonyl (C=O) groups is 1. The molecule has 3 aromatic rings. The number of carbonyl (C=O) groups excluding carboxylic acids is 1. The molecule has 0 unspecified atom stereocenters. The van der Waals surface area contributed by atoms with Gasteiger partial charge >= 0.3 is 0 Å². The van der Waals surface area contributed by atoms with E-state index in [1.54, 1.807) is 23.1 Å². The lowest BCUT2D eigenvalue weighted by Gasteiger charge is -2.27. The SMILES string of the molecule is CCc1cc2cc(-c3ccc(F)c(C(=O)N4CCOCC4)c3)cc(Cl)c2o1. The van der Waals surface area contributed by atoms with Crippen LogP contribution in [0.5, 0.6) is 0 Å². The standard InChI is InChI=1S/C21H19ClFNO3/c1-2-16-10-15-9-14(12-18(22)20(15)27-16)13-3-4-19(23)17(11-13)21(25)24-5-7-26-8-6-24/h3-4,9-12H,2,5-8H2,1H3. The van der Waals surface area contributed by atoms with E-state index in [2.05, 4.69) is 0 Å². The van der Waals surface area contributed by atoms with E-state index in [1.165, 1.54) is 6.07 Å². The molecule has 0 radical (unpaired) electrons. The maximum Gasteiger partial charge on any atom is 0.257 e. The minimum atomic E-state index is -0.529. The molecule has 1 aliphatic heterocycles. The molecule has 1 fully saturated rings. The van der Waals surface area contributed by atoms with Crippen LogP contribution in [0.25, 0.3) is 22.1 Å². The molecule has 2 heterocycles. The Balaban J connectivity index is 1.74. The van der Waals surface area contributed by atoms with Crippen LogP contribution in [0.2, 0.25) is 5.02 Å². The van der Waals surface area contributed by atoms with Crippen molar-refractivity contribution >= 4 is 28.5 Å². The van der Waals surface area contributed by atoms with Gasteiger partial charge in [-0.3, -0.25) is 4.79 Å². The lowest BCUT2D eigenvalue weighted by Crippen LogP contribution is -2.41. The van der Waals surface area contributed by atoms with Crippen LogP contribution in [0.3, 0.4) is 0 Å². The molecule has 2 aromatic carbocycles. The first-order valence-electron chi connectivity index (χ1n) is 8.95. The van der Waals surface area contributed by atoms with Gasteiger partial charge in [0, 0.05) is 24.9 Å². The van der Waals surface area contributed by atoms with E-state index in [4.69, 9.17) is 20.8 Å². The summed E-state index contributed by atoms with van der Waals surface area (Å²) in [5.41, 5.74) is 2.25. The highest BCUT2D eigenvalue weighted by molar-refractivity contribution is 6.35. The van der Waals surface area contributed by atoms with Crippen molar-refractivity contribution in [3.8, 4) is 11.1 Å². The lowest BCUT2D eigenvalue weighted by molar-refractivity contribution is 0.0300. The van der Waals surface area contributed by atoms with Crippen LogP contribution in [0, 0.1) is 5.82 Å². The van der Waals surface area contributed by atoms with Gasteiger partial charge in [0.2, 0.25) is 0 Å². The van der Waals surface area contributed by atoms with Gasteiger partial charge in [-0.15, -0.1) is 0 Å². The molecule has 0 spiro atoms. The van der Waals surface area contributed by atoms with Crippen molar-refractivity contribution in [2.24, 2.45) is 0 Å². The molecule has 1 aromatic heterocycles. The first-order valence-corrected chi connectivity index (χ1v) is 9.33. The van der Waals surface area contributed by atoms with E-state index < -0.39 is 5.82 Å². The predicted molar refractivity (Wildman–Crippen MR) is 103 cm³/mol. The van der Waals surface area contributed by atoms with Gasteiger partial charge in [0.25, 0.3) is 5.91 Å². The first-order chi connectivity index (χ1) is 13.1. The maximum atomic E-state index is 14.4. The molecule has 0 atom stereocenters. The van der Waals surface area contributed by atoms with E-state index in [1.807, 2.05) is 19.1 Å². The topological polar surface area (TPSA) is 42.7 Å². The zero-order chi connectivity index (χ0) is 19.0. The van der Waals surface area contributed by atoms with Crippen molar-refractivity contribution in [1.82, 2.24) is 4.90 Å². The van der Waals surface area contributed by atoms with E-state index >= 15 is 0 Å². The molecule has 6 heteroatoms. The molecule has 4 nitrogen and oxygen atoms in total. The van der Waals surface area contributed by atoms with Crippen LogP contribution >= 0.6 is 11.6 Å². The molecule has 1 amide bonds. The Labute approximate surface area is 161 Å². The van der Waals surface area contributed by atoms with Crippen LogP contribution in [0.4, 0.5) is 4.39 Å². The smallest absolute Gasteiger partial charge is 0.257 e. The van der Waals surface area contributed by atoms with E-state index in [0.29, 0.717) is 36.9 Å². The van der Waals surface area contributed by atoms with Crippen LogP contribution in [0.15, 0.2) is 40.8 Å².